The zero-order valence-electron chi connectivity index (χ0n) is 5.10. The highest BCUT2D eigenvalue weighted by molar-refractivity contribution is 7.80. The van der Waals surface area contributed by atoms with E-state index < -0.39 is 0 Å². The first-order valence-corrected chi connectivity index (χ1v) is 3.18. The lowest BCUT2D eigenvalue weighted by atomic mass is 10.2. The summed E-state index contributed by atoms with van der Waals surface area (Å²) in [6.45, 7) is 2.26. The Bertz CT molecular complexity index is 157. The smallest absolute Gasteiger partial charge is 0.242 e. The van der Waals surface area contributed by atoms with E-state index in [-0.39, 0.29) is 11.9 Å². The lowest BCUT2D eigenvalue weighted by molar-refractivity contribution is -0.122. The summed E-state index contributed by atoms with van der Waals surface area (Å²) in [5, 5.41) is 5.49. The van der Waals surface area contributed by atoms with Gasteiger partial charge in [0, 0.05) is 0 Å². The third-order valence-corrected chi connectivity index (χ3v) is 1.46. The first-order valence-electron chi connectivity index (χ1n) is 2.77. The van der Waals surface area contributed by atoms with Crippen LogP contribution in [-0.2, 0) is 4.79 Å². The van der Waals surface area contributed by atoms with E-state index in [9.17, 15) is 4.79 Å². The first kappa shape index (κ1) is 6.48. The monoisotopic (exact) mass is 144 g/mol. The molecule has 0 aromatic heterocycles. The van der Waals surface area contributed by atoms with E-state index in [1.54, 1.807) is 6.92 Å². The fourth-order valence-corrected chi connectivity index (χ4v) is 0.927. The van der Waals surface area contributed by atoms with Crippen molar-refractivity contribution in [2.45, 2.75) is 13.0 Å². The molecule has 4 heteroatoms. The minimum absolute atomic E-state index is 0.0172. The molecule has 1 amide bonds. The Morgan fingerprint density at radius 2 is 2.44 bits per heavy atom. The second-order valence-electron chi connectivity index (χ2n) is 2.01. The van der Waals surface area contributed by atoms with Crippen molar-refractivity contribution in [3.05, 3.63) is 0 Å². The highest BCUT2D eigenvalue weighted by Crippen LogP contribution is 1.88. The molecule has 0 radical (unpaired) electrons. The van der Waals surface area contributed by atoms with Crippen molar-refractivity contribution >= 4 is 23.1 Å². The SMILES string of the molecule is C[C@@H]1NC(=S)CNC1=O. The van der Waals surface area contributed by atoms with Crippen LogP contribution in [0.5, 0.6) is 0 Å². The van der Waals surface area contributed by atoms with Crippen molar-refractivity contribution in [1.82, 2.24) is 10.6 Å². The van der Waals surface area contributed by atoms with Gasteiger partial charge in [0.15, 0.2) is 0 Å². The maximum absolute atomic E-state index is 10.7. The molecule has 0 bridgehead atoms. The number of piperazine rings is 1. The van der Waals surface area contributed by atoms with Gasteiger partial charge in [-0.15, -0.1) is 0 Å². The van der Waals surface area contributed by atoms with Crippen molar-refractivity contribution in [3.8, 4) is 0 Å². The molecule has 1 fully saturated rings. The number of carbonyl (C=O) groups excluding carboxylic acids is 1. The Morgan fingerprint density at radius 1 is 1.78 bits per heavy atom. The third-order valence-electron chi connectivity index (χ3n) is 1.19. The Hall–Kier alpha value is -0.640. The lowest BCUT2D eigenvalue weighted by Crippen LogP contribution is -2.53. The zero-order chi connectivity index (χ0) is 6.85. The number of thiocarbonyl (C=S) groups is 1. The molecule has 1 aliphatic rings. The average Bonchev–Trinajstić information content (AvgIpc) is 1.80. The van der Waals surface area contributed by atoms with Gasteiger partial charge in [-0.05, 0) is 6.92 Å². The summed E-state index contributed by atoms with van der Waals surface area (Å²) >= 11 is 4.81. The van der Waals surface area contributed by atoms with Crippen molar-refractivity contribution in [2.75, 3.05) is 6.54 Å². The van der Waals surface area contributed by atoms with Gasteiger partial charge >= 0.3 is 0 Å². The van der Waals surface area contributed by atoms with Gasteiger partial charge in [0.05, 0.1) is 11.5 Å². The Morgan fingerprint density at radius 3 is 2.89 bits per heavy atom. The molecule has 1 atom stereocenters. The molecule has 1 rings (SSSR count). The number of hydrogen-bond acceptors (Lipinski definition) is 2. The van der Waals surface area contributed by atoms with E-state index in [1.807, 2.05) is 0 Å². The van der Waals surface area contributed by atoms with Crippen LogP contribution in [0.25, 0.3) is 0 Å². The normalized spacial score (nSPS) is 27.0. The number of amides is 1. The minimum atomic E-state index is -0.161. The van der Waals surface area contributed by atoms with Gasteiger partial charge in [-0.1, -0.05) is 12.2 Å². The van der Waals surface area contributed by atoms with E-state index in [4.69, 9.17) is 12.2 Å². The zero-order valence-corrected chi connectivity index (χ0v) is 5.92. The maximum Gasteiger partial charge on any atom is 0.242 e. The summed E-state index contributed by atoms with van der Waals surface area (Å²) in [6, 6.07) is -0.161. The molecule has 0 aliphatic carbocycles. The Kier molecular flexibility index (Phi) is 1.66. The van der Waals surface area contributed by atoms with Crippen LogP contribution in [0.1, 0.15) is 6.92 Å². The van der Waals surface area contributed by atoms with Crippen LogP contribution < -0.4 is 10.6 Å². The Balaban J connectivity index is 2.54. The molecular formula is C5H8N2OS. The fourth-order valence-electron chi connectivity index (χ4n) is 0.679. The van der Waals surface area contributed by atoms with Crippen molar-refractivity contribution < 1.29 is 4.79 Å². The van der Waals surface area contributed by atoms with E-state index >= 15 is 0 Å². The largest absolute Gasteiger partial charge is 0.367 e. The molecule has 1 heterocycles. The van der Waals surface area contributed by atoms with Crippen molar-refractivity contribution in [2.24, 2.45) is 0 Å². The average molecular weight is 144 g/mol. The summed E-state index contributed by atoms with van der Waals surface area (Å²) in [5.74, 6) is 0.0172. The fraction of sp³-hybridized carbons (Fsp3) is 0.600. The van der Waals surface area contributed by atoms with Gasteiger partial charge in [0.1, 0.15) is 6.04 Å². The number of hydrogen-bond donors (Lipinski definition) is 2. The molecule has 0 spiro atoms. The summed E-state index contributed by atoms with van der Waals surface area (Å²) in [5.41, 5.74) is 0. The van der Waals surface area contributed by atoms with Crippen LogP contribution in [-0.4, -0.2) is 23.5 Å². The third kappa shape index (κ3) is 1.38. The van der Waals surface area contributed by atoms with Gasteiger partial charge in [0.2, 0.25) is 5.91 Å². The molecular weight excluding hydrogens is 136 g/mol. The maximum atomic E-state index is 10.7. The van der Waals surface area contributed by atoms with Crippen LogP contribution in [0, 0.1) is 0 Å². The van der Waals surface area contributed by atoms with Gasteiger partial charge in [0.25, 0.3) is 0 Å². The predicted molar refractivity (Wildman–Crippen MR) is 38.2 cm³/mol. The summed E-state index contributed by atoms with van der Waals surface area (Å²) < 4.78 is 0. The predicted octanol–water partition coefficient (Wildman–Crippen LogP) is -0.578. The van der Waals surface area contributed by atoms with Gasteiger partial charge in [-0.3, -0.25) is 4.79 Å². The van der Waals surface area contributed by atoms with Crippen molar-refractivity contribution in [3.63, 3.8) is 0 Å². The Labute approximate surface area is 58.8 Å². The number of carbonyl (C=O) groups is 1. The van der Waals surface area contributed by atoms with Crippen LogP contribution in [0.15, 0.2) is 0 Å². The summed E-state index contributed by atoms with van der Waals surface area (Å²) in [7, 11) is 0. The molecule has 9 heavy (non-hydrogen) atoms. The van der Waals surface area contributed by atoms with Gasteiger partial charge in [-0.2, -0.15) is 0 Å². The van der Waals surface area contributed by atoms with Crippen LogP contribution >= 0.6 is 12.2 Å². The standard InChI is InChI=1S/C5H8N2OS/c1-3-5(8)6-2-4(9)7-3/h3H,2H2,1H3,(H,6,8)(H,7,9)/t3-/m0/s1. The van der Waals surface area contributed by atoms with E-state index in [2.05, 4.69) is 10.6 Å². The summed E-state index contributed by atoms with van der Waals surface area (Å²) in [6.07, 6.45) is 0. The van der Waals surface area contributed by atoms with Gasteiger partial charge in [-0.25, -0.2) is 0 Å². The number of rotatable bonds is 0. The molecule has 1 aliphatic heterocycles. The lowest BCUT2D eigenvalue weighted by Gasteiger charge is -2.21. The van der Waals surface area contributed by atoms with Crippen LogP contribution in [0.3, 0.4) is 0 Å². The first-order chi connectivity index (χ1) is 4.20. The molecule has 50 valence electrons. The second kappa shape index (κ2) is 2.31. The molecule has 3 nitrogen and oxygen atoms in total. The second-order valence-corrected chi connectivity index (χ2v) is 2.50. The van der Waals surface area contributed by atoms with Crippen LogP contribution in [0.2, 0.25) is 0 Å². The van der Waals surface area contributed by atoms with E-state index in [0.717, 1.165) is 0 Å². The van der Waals surface area contributed by atoms with Crippen molar-refractivity contribution in [1.29, 1.82) is 0 Å². The van der Waals surface area contributed by atoms with E-state index in [1.165, 1.54) is 0 Å². The minimum Gasteiger partial charge on any atom is -0.367 e. The highest BCUT2D eigenvalue weighted by atomic mass is 32.1. The molecule has 2 N–H and O–H groups in total. The molecule has 0 aromatic carbocycles. The molecule has 0 unspecified atom stereocenters. The topological polar surface area (TPSA) is 41.1 Å². The van der Waals surface area contributed by atoms with Gasteiger partial charge < -0.3 is 10.6 Å². The molecule has 0 aromatic rings. The van der Waals surface area contributed by atoms with E-state index in [0.29, 0.717) is 11.5 Å². The molecule has 0 saturated carbocycles. The number of nitrogens with one attached hydrogen (secondary N) is 2. The van der Waals surface area contributed by atoms with Crippen LogP contribution in [0.4, 0.5) is 0 Å². The highest BCUT2D eigenvalue weighted by Gasteiger charge is 2.18. The molecule has 1 saturated heterocycles. The summed E-state index contributed by atoms with van der Waals surface area (Å²) in [4.78, 5) is 11.4. The quantitative estimate of drug-likeness (QED) is 0.447.